The fourth-order valence-electron chi connectivity index (χ4n) is 3.06. The Morgan fingerprint density at radius 1 is 1.23 bits per heavy atom. The highest BCUT2D eigenvalue weighted by molar-refractivity contribution is 6.29. The number of nitrogens with zero attached hydrogens (tertiary/aromatic N) is 2. The number of H-pyrrole nitrogens is 1. The molecule has 164 valence electrons. The first kappa shape index (κ1) is 22.7. The van der Waals surface area contributed by atoms with Crippen LogP contribution in [0.4, 0.5) is 4.39 Å². The van der Waals surface area contributed by atoms with E-state index >= 15 is 0 Å². The third-order valence-corrected chi connectivity index (χ3v) is 5.21. The standard InChI is InChI=1S/C22H25ClFN5O2/c1-3-29(2)11-10-25-21(30)17(12-14-4-7-16(24)8-5-14)27-22(31)18-13-15-6-9-19(23)28-20(15)26-18/h4-9,13,17H,3,10-12H2,1-2H3,(H,25,30)(H,26,28)(H,27,31)/t17-/m0/s1. The van der Waals surface area contributed by atoms with Crippen LogP contribution in [0.25, 0.3) is 11.0 Å². The zero-order chi connectivity index (χ0) is 22.4. The molecular weight excluding hydrogens is 421 g/mol. The number of amides is 2. The molecule has 0 radical (unpaired) electrons. The van der Waals surface area contributed by atoms with Crippen LogP contribution in [0.2, 0.25) is 5.15 Å². The molecule has 0 aliphatic heterocycles. The fraction of sp³-hybridized carbons (Fsp3) is 0.318. The summed E-state index contributed by atoms with van der Waals surface area (Å²) in [5, 5.41) is 6.68. The number of nitrogens with one attached hydrogen (secondary N) is 3. The van der Waals surface area contributed by atoms with Crippen molar-refractivity contribution in [2.75, 3.05) is 26.7 Å². The molecule has 0 saturated carbocycles. The summed E-state index contributed by atoms with van der Waals surface area (Å²) in [6, 6.07) is 10.1. The highest BCUT2D eigenvalue weighted by Crippen LogP contribution is 2.16. The first-order valence-electron chi connectivity index (χ1n) is 10.0. The van der Waals surface area contributed by atoms with E-state index in [-0.39, 0.29) is 23.8 Å². The van der Waals surface area contributed by atoms with E-state index in [1.807, 2.05) is 14.0 Å². The van der Waals surface area contributed by atoms with Gasteiger partial charge in [-0.3, -0.25) is 9.59 Å². The minimum Gasteiger partial charge on any atom is -0.353 e. The molecule has 0 saturated heterocycles. The number of carbonyl (C=O) groups excluding carboxylic acids is 2. The van der Waals surface area contributed by atoms with E-state index < -0.39 is 11.9 Å². The summed E-state index contributed by atoms with van der Waals surface area (Å²) in [5.74, 6) is -1.11. The average Bonchev–Trinajstić information content (AvgIpc) is 3.17. The second kappa shape index (κ2) is 10.4. The van der Waals surface area contributed by atoms with Crippen molar-refractivity contribution in [1.29, 1.82) is 0 Å². The van der Waals surface area contributed by atoms with Gasteiger partial charge in [0.25, 0.3) is 5.91 Å². The highest BCUT2D eigenvalue weighted by atomic mass is 35.5. The van der Waals surface area contributed by atoms with Gasteiger partial charge in [-0.25, -0.2) is 9.37 Å². The number of likely N-dealkylation sites (N-methyl/N-ethyl adjacent to an activating group) is 1. The molecule has 3 N–H and O–H groups in total. The van der Waals surface area contributed by atoms with Crippen LogP contribution in [-0.2, 0) is 11.2 Å². The molecule has 2 aromatic heterocycles. The predicted molar refractivity (Wildman–Crippen MR) is 119 cm³/mol. The number of fused-ring (bicyclic) bond motifs is 1. The Morgan fingerprint density at radius 2 is 1.97 bits per heavy atom. The maximum Gasteiger partial charge on any atom is 0.268 e. The number of carbonyl (C=O) groups is 2. The van der Waals surface area contributed by atoms with Gasteiger partial charge in [-0.15, -0.1) is 0 Å². The number of aromatic amines is 1. The molecule has 0 unspecified atom stereocenters. The summed E-state index contributed by atoms with van der Waals surface area (Å²) in [5.41, 5.74) is 1.49. The molecule has 1 atom stereocenters. The van der Waals surface area contributed by atoms with Gasteiger partial charge >= 0.3 is 0 Å². The van der Waals surface area contributed by atoms with Crippen LogP contribution >= 0.6 is 11.6 Å². The maximum absolute atomic E-state index is 13.2. The van der Waals surface area contributed by atoms with Gasteiger partial charge < -0.3 is 20.5 Å². The number of hydrogen-bond acceptors (Lipinski definition) is 4. The van der Waals surface area contributed by atoms with Crippen LogP contribution in [0.3, 0.4) is 0 Å². The van der Waals surface area contributed by atoms with E-state index in [4.69, 9.17) is 11.6 Å². The van der Waals surface area contributed by atoms with Crippen molar-refractivity contribution in [3.8, 4) is 0 Å². The van der Waals surface area contributed by atoms with Gasteiger partial charge in [0.1, 0.15) is 28.4 Å². The van der Waals surface area contributed by atoms with Crippen molar-refractivity contribution >= 4 is 34.4 Å². The van der Waals surface area contributed by atoms with Crippen LogP contribution < -0.4 is 10.6 Å². The summed E-state index contributed by atoms with van der Waals surface area (Å²) in [6.45, 7) is 4.04. The Bertz CT molecular complexity index is 1050. The van der Waals surface area contributed by atoms with Crippen molar-refractivity contribution in [2.24, 2.45) is 0 Å². The molecule has 0 fully saturated rings. The van der Waals surface area contributed by atoms with E-state index in [9.17, 15) is 14.0 Å². The first-order chi connectivity index (χ1) is 14.9. The van der Waals surface area contributed by atoms with Gasteiger partial charge in [-0.2, -0.15) is 0 Å². The maximum atomic E-state index is 13.2. The molecule has 1 aromatic carbocycles. The molecule has 0 spiro atoms. The molecule has 2 amide bonds. The molecule has 3 aromatic rings. The summed E-state index contributed by atoms with van der Waals surface area (Å²) in [6.07, 6.45) is 0.228. The Labute approximate surface area is 185 Å². The topological polar surface area (TPSA) is 90.1 Å². The predicted octanol–water partition coefficient (Wildman–Crippen LogP) is 2.76. The van der Waals surface area contributed by atoms with Gasteiger partial charge in [0.05, 0.1) is 0 Å². The third kappa shape index (κ3) is 6.26. The van der Waals surface area contributed by atoms with Gasteiger partial charge in [-0.05, 0) is 49.5 Å². The molecular formula is C22H25ClFN5O2. The van der Waals surface area contributed by atoms with Crippen LogP contribution in [0, 0.1) is 5.82 Å². The quantitative estimate of drug-likeness (QED) is 0.442. The summed E-state index contributed by atoms with van der Waals surface area (Å²) < 4.78 is 13.2. The monoisotopic (exact) mass is 445 g/mol. The molecule has 0 aliphatic carbocycles. The molecule has 9 heteroatoms. The second-order valence-corrected chi connectivity index (χ2v) is 7.69. The lowest BCUT2D eigenvalue weighted by Gasteiger charge is -2.20. The van der Waals surface area contributed by atoms with Crippen LogP contribution in [-0.4, -0.2) is 59.4 Å². The number of aromatic nitrogens is 2. The lowest BCUT2D eigenvalue weighted by molar-refractivity contribution is -0.123. The SMILES string of the molecule is CCN(C)CCNC(=O)[C@H](Cc1ccc(F)cc1)NC(=O)c1cc2ccc(Cl)nc2[nH]1. The number of pyridine rings is 1. The smallest absolute Gasteiger partial charge is 0.268 e. The van der Waals surface area contributed by atoms with Gasteiger partial charge in [0, 0.05) is 24.9 Å². The molecule has 0 aliphatic rings. The highest BCUT2D eigenvalue weighted by Gasteiger charge is 2.23. The zero-order valence-electron chi connectivity index (χ0n) is 17.4. The van der Waals surface area contributed by atoms with Gasteiger partial charge in [0.2, 0.25) is 5.91 Å². The molecule has 7 nitrogen and oxygen atoms in total. The molecule has 3 rings (SSSR count). The molecule has 2 heterocycles. The van der Waals surface area contributed by atoms with Crippen molar-refractivity contribution in [2.45, 2.75) is 19.4 Å². The average molecular weight is 446 g/mol. The van der Waals surface area contributed by atoms with Crippen molar-refractivity contribution < 1.29 is 14.0 Å². The Morgan fingerprint density at radius 3 is 2.68 bits per heavy atom. The minimum atomic E-state index is -0.826. The number of hydrogen-bond donors (Lipinski definition) is 3. The number of benzene rings is 1. The van der Waals surface area contributed by atoms with E-state index in [0.29, 0.717) is 23.9 Å². The Hall–Kier alpha value is -2.97. The summed E-state index contributed by atoms with van der Waals surface area (Å²) >= 11 is 5.90. The largest absolute Gasteiger partial charge is 0.353 e. The summed E-state index contributed by atoms with van der Waals surface area (Å²) in [7, 11) is 1.96. The molecule has 31 heavy (non-hydrogen) atoms. The van der Waals surface area contributed by atoms with Crippen LogP contribution in [0.5, 0.6) is 0 Å². The fourth-order valence-corrected chi connectivity index (χ4v) is 3.20. The van der Waals surface area contributed by atoms with E-state index in [1.54, 1.807) is 30.3 Å². The Balaban J connectivity index is 1.74. The van der Waals surface area contributed by atoms with Gasteiger partial charge in [0.15, 0.2) is 0 Å². The summed E-state index contributed by atoms with van der Waals surface area (Å²) in [4.78, 5) is 34.8. The van der Waals surface area contributed by atoms with E-state index in [0.717, 1.165) is 17.5 Å². The minimum absolute atomic E-state index is 0.228. The van der Waals surface area contributed by atoms with Crippen LogP contribution in [0.1, 0.15) is 23.0 Å². The van der Waals surface area contributed by atoms with Crippen LogP contribution in [0.15, 0.2) is 42.5 Å². The van der Waals surface area contributed by atoms with E-state index in [1.165, 1.54) is 12.1 Å². The lowest BCUT2D eigenvalue weighted by atomic mass is 10.0. The lowest BCUT2D eigenvalue weighted by Crippen LogP contribution is -2.49. The zero-order valence-corrected chi connectivity index (χ0v) is 18.2. The third-order valence-electron chi connectivity index (χ3n) is 5.00. The molecule has 0 bridgehead atoms. The van der Waals surface area contributed by atoms with Crippen molar-refractivity contribution in [3.63, 3.8) is 0 Å². The Kier molecular flexibility index (Phi) is 7.59. The van der Waals surface area contributed by atoms with E-state index in [2.05, 4.69) is 25.5 Å². The number of halogens is 2. The normalized spacial score (nSPS) is 12.2. The van der Waals surface area contributed by atoms with Gasteiger partial charge in [-0.1, -0.05) is 30.7 Å². The number of rotatable bonds is 9. The second-order valence-electron chi connectivity index (χ2n) is 7.30. The van der Waals surface area contributed by atoms with Crippen molar-refractivity contribution in [3.05, 3.63) is 64.7 Å². The van der Waals surface area contributed by atoms with Crippen molar-refractivity contribution in [1.82, 2.24) is 25.5 Å². The first-order valence-corrected chi connectivity index (χ1v) is 10.4.